The number of nitrogens with one attached hydrogen (secondary N) is 1. The summed E-state index contributed by atoms with van der Waals surface area (Å²) in [4.78, 5) is 12.9. The molecule has 1 fully saturated rings. The van der Waals surface area contributed by atoms with Gasteiger partial charge in [0.1, 0.15) is 18.3 Å². The average Bonchev–Trinajstić information content (AvgIpc) is 3.40. The molecule has 0 aliphatic carbocycles. The van der Waals surface area contributed by atoms with Crippen molar-refractivity contribution in [3.8, 4) is 0 Å². The van der Waals surface area contributed by atoms with Crippen molar-refractivity contribution in [2.24, 2.45) is 0 Å². The Balaban J connectivity index is 1.87. The molecule has 9 nitrogen and oxygen atoms in total. The molecule has 6 unspecified atom stereocenters. The number of ether oxygens (including phenoxy) is 3. The summed E-state index contributed by atoms with van der Waals surface area (Å²) in [6.07, 6.45) is 9.89. The first-order valence-corrected chi connectivity index (χ1v) is 16.5. The van der Waals surface area contributed by atoms with Gasteiger partial charge in [-0.05, 0) is 31.5 Å². The van der Waals surface area contributed by atoms with Crippen LogP contribution in [-0.2, 0) is 14.2 Å². The van der Waals surface area contributed by atoms with E-state index in [1.807, 2.05) is 0 Å². The minimum Gasteiger partial charge on any atom is -0.391 e. The van der Waals surface area contributed by atoms with Gasteiger partial charge in [0.05, 0.1) is 38.1 Å². The monoisotopic (exact) mass is 631 g/mol. The number of carbonyl (C=O) groups is 1. The van der Waals surface area contributed by atoms with E-state index in [4.69, 9.17) is 14.2 Å². The number of rotatable bonds is 24. The van der Waals surface area contributed by atoms with Crippen LogP contribution in [0.3, 0.4) is 0 Å². The first-order valence-electron chi connectivity index (χ1n) is 16.5. The molecule has 1 aliphatic rings. The molecule has 0 saturated carbocycles. The average molecular weight is 632 g/mol. The predicted molar refractivity (Wildman–Crippen MR) is 163 cm³/mol. The van der Waals surface area contributed by atoms with Crippen molar-refractivity contribution in [2.75, 3.05) is 19.8 Å². The van der Waals surface area contributed by atoms with Gasteiger partial charge in [-0.25, -0.2) is 8.78 Å². The van der Waals surface area contributed by atoms with Crippen molar-refractivity contribution in [1.29, 1.82) is 0 Å². The van der Waals surface area contributed by atoms with Crippen LogP contribution >= 0.6 is 0 Å². The van der Waals surface area contributed by atoms with Crippen molar-refractivity contribution in [3.63, 3.8) is 0 Å². The standard InChI is InChI=1S/C33H55F2NO8/c1-3-4-5-6-7-8-9-10-11-12-13-14-15-16-28(39)27(36-33(41)24-17-18-25(34)26(35)19-24)21-42-29-22-43-31(23(2)38)32(29)44-30(40)20-37/h17-19,23,27-32,37-40H,3-16,20-22H2,1-2H3,(H,36,41)/t23?,27-,28?,29?,30?,31?,32?/m0/s1. The number of aliphatic hydroxyl groups is 4. The largest absolute Gasteiger partial charge is 0.391 e. The van der Waals surface area contributed by atoms with E-state index in [2.05, 4.69) is 12.2 Å². The maximum absolute atomic E-state index is 13.8. The SMILES string of the molecule is CCCCCCCCCCCCCCCC(O)[C@H](COC1COC(C(C)O)C1OC(O)CO)NC(=O)c1ccc(F)c(F)c1. The summed E-state index contributed by atoms with van der Waals surface area (Å²) >= 11 is 0. The maximum atomic E-state index is 13.8. The predicted octanol–water partition coefficient (Wildman–Crippen LogP) is 4.77. The summed E-state index contributed by atoms with van der Waals surface area (Å²) in [7, 11) is 0. The summed E-state index contributed by atoms with van der Waals surface area (Å²) in [5.74, 6) is -2.93. The fourth-order valence-electron chi connectivity index (χ4n) is 5.49. The van der Waals surface area contributed by atoms with E-state index < -0.39 is 67.0 Å². The highest BCUT2D eigenvalue weighted by atomic mass is 19.2. The summed E-state index contributed by atoms with van der Waals surface area (Å²) in [5.41, 5.74) is -0.104. The van der Waals surface area contributed by atoms with E-state index in [9.17, 15) is 34.0 Å². The minimum atomic E-state index is -1.51. The van der Waals surface area contributed by atoms with Crippen molar-refractivity contribution in [1.82, 2.24) is 5.32 Å². The quantitative estimate of drug-likeness (QED) is 0.0813. The number of hydrogen-bond donors (Lipinski definition) is 5. The molecule has 1 aliphatic heterocycles. The van der Waals surface area contributed by atoms with E-state index in [0.29, 0.717) is 6.42 Å². The third kappa shape index (κ3) is 14.1. The molecule has 44 heavy (non-hydrogen) atoms. The van der Waals surface area contributed by atoms with E-state index in [-0.39, 0.29) is 18.8 Å². The number of aliphatic hydroxyl groups excluding tert-OH is 4. The Labute approximate surface area is 261 Å². The maximum Gasteiger partial charge on any atom is 0.251 e. The molecule has 0 aromatic heterocycles. The van der Waals surface area contributed by atoms with Gasteiger partial charge in [0, 0.05) is 5.56 Å². The molecule has 0 bridgehead atoms. The Hall–Kier alpha value is -1.73. The molecule has 2 rings (SSSR count). The van der Waals surface area contributed by atoms with Crippen molar-refractivity contribution >= 4 is 5.91 Å². The fraction of sp³-hybridized carbons (Fsp3) is 0.788. The van der Waals surface area contributed by atoms with Gasteiger partial charge in [0.25, 0.3) is 5.91 Å². The van der Waals surface area contributed by atoms with Gasteiger partial charge in [-0.3, -0.25) is 4.79 Å². The highest BCUT2D eigenvalue weighted by molar-refractivity contribution is 5.94. The smallest absolute Gasteiger partial charge is 0.251 e. The topological polar surface area (TPSA) is 138 Å². The number of hydrogen-bond acceptors (Lipinski definition) is 8. The van der Waals surface area contributed by atoms with Gasteiger partial charge in [0.2, 0.25) is 0 Å². The zero-order valence-corrected chi connectivity index (χ0v) is 26.5. The first kappa shape index (κ1) is 38.5. The zero-order chi connectivity index (χ0) is 32.3. The van der Waals surface area contributed by atoms with E-state index in [1.165, 1.54) is 64.7 Å². The molecule has 11 heteroatoms. The molecule has 254 valence electrons. The second-order valence-corrected chi connectivity index (χ2v) is 12.0. The highest BCUT2D eigenvalue weighted by Crippen LogP contribution is 2.25. The van der Waals surface area contributed by atoms with E-state index >= 15 is 0 Å². The normalized spacial score (nSPS) is 21.2. The second kappa shape index (κ2) is 21.9. The summed E-state index contributed by atoms with van der Waals surface area (Å²) < 4.78 is 44.1. The van der Waals surface area contributed by atoms with Gasteiger partial charge < -0.3 is 40.0 Å². The molecule has 1 aromatic rings. The Morgan fingerprint density at radius 2 is 1.55 bits per heavy atom. The molecule has 1 amide bonds. The van der Waals surface area contributed by atoms with Crippen molar-refractivity contribution in [3.05, 3.63) is 35.4 Å². The van der Waals surface area contributed by atoms with Gasteiger partial charge in [-0.15, -0.1) is 0 Å². The molecule has 5 N–H and O–H groups in total. The lowest BCUT2D eigenvalue weighted by Gasteiger charge is -2.29. The number of amides is 1. The zero-order valence-electron chi connectivity index (χ0n) is 26.5. The van der Waals surface area contributed by atoms with Crippen LogP contribution in [0.25, 0.3) is 0 Å². The van der Waals surface area contributed by atoms with Gasteiger partial charge in [-0.1, -0.05) is 90.4 Å². The minimum absolute atomic E-state index is 0.0111. The number of benzene rings is 1. The Morgan fingerprint density at radius 3 is 2.09 bits per heavy atom. The number of halogens is 2. The Kier molecular flexibility index (Phi) is 19.1. The lowest BCUT2D eigenvalue weighted by atomic mass is 10.0. The van der Waals surface area contributed by atoms with Gasteiger partial charge >= 0.3 is 0 Å². The third-order valence-corrected chi connectivity index (χ3v) is 8.15. The Bertz CT molecular complexity index is 924. The van der Waals surface area contributed by atoms with Crippen LogP contribution in [0, 0.1) is 11.6 Å². The molecule has 0 radical (unpaired) electrons. The molecule has 0 spiro atoms. The van der Waals surface area contributed by atoms with Crippen molar-refractivity contribution < 1.29 is 48.2 Å². The molecule has 1 heterocycles. The molecule has 7 atom stereocenters. The van der Waals surface area contributed by atoms with Crippen molar-refractivity contribution in [2.45, 2.75) is 147 Å². The molecular formula is C33H55F2NO8. The first-order chi connectivity index (χ1) is 21.2. The Morgan fingerprint density at radius 1 is 0.955 bits per heavy atom. The van der Waals surface area contributed by atoms with Crippen LogP contribution < -0.4 is 5.32 Å². The number of carbonyl (C=O) groups excluding carboxylic acids is 1. The van der Waals surface area contributed by atoms with Crippen LogP contribution in [0.1, 0.15) is 114 Å². The lowest BCUT2D eigenvalue weighted by Crippen LogP contribution is -2.49. The van der Waals surface area contributed by atoms with E-state index in [1.54, 1.807) is 0 Å². The molecule has 1 aromatic carbocycles. The highest BCUT2D eigenvalue weighted by Gasteiger charge is 2.43. The summed E-state index contributed by atoms with van der Waals surface area (Å²) in [5, 5.41) is 42.8. The van der Waals surface area contributed by atoms with Crippen LogP contribution in [0.5, 0.6) is 0 Å². The van der Waals surface area contributed by atoms with Crippen LogP contribution in [0.4, 0.5) is 8.78 Å². The molecular weight excluding hydrogens is 576 g/mol. The lowest BCUT2D eigenvalue weighted by molar-refractivity contribution is -0.196. The summed E-state index contributed by atoms with van der Waals surface area (Å²) in [6, 6.07) is 1.91. The molecule has 1 saturated heterocycles. The van der Waals surface area contributed by atoms with Crippen LogP contribution in [0.2, 0.25) is 0 Å². The second-order valence-electron chi connectivity index (χ2n) is 12.0. The van der Waals surface area contributed by atoms with Crippen LogP contribution in [0.15, 0.2) is 18.2 Å². The van der Waals surface area contributed by atoms with Gasteiger partial charge in [0.15, 0.2) is 17.9 Å². The summed E-state index contributed by atoms with van der Waals surface area (Å²) in [6.45, 7) is 2.90. The van der Waals surface area contributed by atoms with Gasteiger partial charge in [-0.2, -0.15) is 0 Å². The third-order valence-electron chi connectivity index (χ3n) is 8.15. The van der Waals surface area contributed by atoms with E-state index in [0.717, 1.165) is 43.9 Å². The fourth-order valence-corrected chi connectivity index (χ4v) is 5.49. The number of unbranched alkanes of at least 4 members (excludes halogenated alkanes) is 12. The van der Waals surface area contributed by atoms with Crippen LogP contribution in [-0.4, -0.2) is 89.0 Å².